The van der Waals surface area contributed by atoms with Crippen molar-refractivity contribution in [2.24, 2.45) is 0 Å². The monoisotopic (exact) mass is 366 g/mol. The third-order valence-corrected chi connectivity index (χ3v) is 4.83. The van der Waals surface area contributed by atoms with Gasteiger partial charge in [-0.1, -0.05) is 29.2 Å². The fourth-order valence-corrected chi connectivity index (χ4v) is 3.28. The number of hydrogen-bond donors (Lipinski definition) is 2. The van der Waals surface area contributed by atoms with Crippen molar-refractivity contribution < 1.29 is 14.3 Å². The number of aromatic nitrogens is 2. The highest BCUT2D eigenvalue weighted by Crippen LogP contribution is 2.30. The first kappa shape index (κ1) is 18.1. The van der Waals surface area contributed by atoms with E-state index in [4.69, 9.17) is 9.47 Å². The van der Waals surface area contributed by atoms with Gasteiger partial charge in [0.2, 0.25) is 11.0 Å². The standard InChI is InChI=1S/C15H18N4O3S2/c1-4-7-16-14-18-19-15(24-14)23-9-13(20)17-11-8-10(21-2)5-6-12(11)22-3/h4-6,8H,1,7,9H2,2-3H3,(H,16,18)(H,17,20). The van der Waals surface area contributed by atoms with Crippen LogP contribution in [-0.2, 0) is 4.79 Å². The van der Waals surface area contributed by atoms with Gasteiger partial charge in [-0.05, 0) is 12.1 Å². The molecule has 0 aliphatic rings. The highest BCUT2D eigenvalue weighted by molar-refractivity contribution is 8.01. The molecule has 24 heavy (non-hydrogen) atoms. The van der Waals surface area contributed by atoms with E-state index in [2.05, 4.69) is 27.4 Å². The highest BCUT2D eigenvalue weighted by atomic mass is 32.2. The van der Waals surface area contributed by atoms with Gasteiger partial charge in [0.15, 0.2) is 4.34 Å². The van der Waals surface area contributed by atoms with Crippen LogP contribution in [0.5, 0.6) is 11.5 Å². The first-order valence-electron chi connectivity index (χ1n) is 6.99. The molecule has 0 aliphatic carbocycles. The SMILES string of the molecule is C=CCNc1nnc(SCC(=O)Nc2cc(OC)ccc2OC)s1. The van der Waals surface area contributed by atoms with Crippen LogP contribution in [0.25, 0.3) is 0 Å². The molecule has 1 amide bonds. The maximum absolute atomic E-state index is 12.1. The molecule has 0 unspecified atom stereocenters. The zero-order valence-electron chi connectivity index (χ0n) is 13.4. The smallest absolute Gasteiger partial charge is 0.234 e. The number of ether oxygens (including phenoxy) is 2. The molecule has 0 atom stereocenters. The second-order valence-corrected chi connectivity index (χ2v) is 6.65. The van der Waals surface area contributed by atoms with Gasteiger partial charge < -0.3 is 20.1 Å². The topological polar surface area (TPSA) is 85.4 Å². The number of benzene rings is 1. The van der Waals surface area contributed by atoms with Crippen molar-refractivity contribution in [3.63, 3.8) is 0 Å². The molecule has 2 rings (SSSR count). The first-order chi connectivity index (χ1) is 11.7. The van der Waals surface area contributed by atoms with Crippen molar-refractivity contribution in [2.75, 3.05) is 37.2 Å². The lowest BCUT2D eigenvalue weighted by atomic mass is 10.2. The van der Waals surface area contributed by atoms with Gasteiger partial charge in [-0.15, -0.1) is 16.8 Å². The predicted molar refractivity (Wildman–Crippen MR) is 97.5 cm³/mol. The minimum Gasteiger partial charge on any atom is -0.497 e. The van der Waals surface area contributed by atoms with Gasteiger partial charge in [-0.25, -0.2) is 0 Å². The maximum Gasteiger partial charge on any atom is 0.234 e. The van der Waals surface area contributed by atoms with Crippen molar-refractivity contribution in [3.05, 3.63) is 30.9 Å². The summed E-state index contributed by atoms with van der Waals surface area (Å²) in [6, 6.07) is 5.22. The lowest BCUT2D eigenvalue weighted by Gasteiger charge is -2.11. The second kappa shape index (κ2) is 9.14. The molecule has 0 saturated heterocycles. The minimum absolute atomic E-state index is 0.164. The van der Waals surface area contributed by atoms with Gasteiger partial charge in [-0.3, -0.25) is 4.79 Å². The molecular formula is C15H18N4O3S2. The normalized spacial score (nSPS) is 10.1. The molecule has 0 bridgehead atoms. The van der Waals surface area contributed by atoms with Gasteiger partial charge >= 0.3 is 0 Å². The molecule has 0 radical (unpaired) electrons. The summed E-state index contributed by atoms with van der Waals surface area (Å²) in [6.45, 7) is 4.25. The molecule has 0 spiro atoms. The van der Waals surface area contributed by atoms with Gasteiger partial charge in [0.25, 0.3) is 0 Å². The number of rotatable bonds is 9. The van der Waals surface area contributed by atoms with Crippen molar-refractivity contribution >= 4 is 39.8 Å². The van der Waals surface area contributed by atoms with E-state index < -0.39 is 0 Å². The Morgan fingerprint density at radius 1 is 1.38 bits per heavy atom. The molecule has 9 heteroatoms. The number of amides is 1. The average Bonchev–Trinajstić information content (AvgIpc) is 3.06. The summed E-state index contributed by atoms with van der Waals surface area (Å²) in [5.74, 6) is 1.26. The van der Waals surface area contributed by atoms with Crippen LogP contribution in [0.15, 0.2) is 35.2 Å². The Labute approximate surface area is 148 Å². The maximum atomic E-state index is 12.1. The van der Waals surface area contributed by atoms with Crippen molar-refractivity contribution in [2.45, 2.75) is 4.34 Å². The van der Waals surface area contributed by atoms with Crippen LogP contribution in [0.3, 0.4) is 0 Å². The first-order valence-corrected chi connectivity index (χ1v) is 8.79. The fraction of sp³-hybridized carbons (Fsp3) is 0.267. The number of nitrogens with one attached hydrogen (secondary N) is 2. The Morgan fingerprint density at radius 3 is 2.92 bits per heavy atom. The quantitative estimate of drug-likeness (QED) is 0.521. The van der Waals surface area contributed by atoms with Crippen LogP contribution in [0, 0.1) is 0 Å². The van der Waals surface area contributed by atoms with Crippen molar-refractivity contribution in [1.82, 2.24) is 10.2 Å². The van der Waals surface area contributed by atoms with Crippen molar-refractivity contribution in [1.29, 1.82) is 0 Å². The van der Waals surface area contributed by atoms with Crippen molar-refractivity contribution in [3.8, 4) is 11.5 Å². The molecule has 2 N–H and O–H groups in total. The van der Waals surface area contributed by atoms with E-state index in [9.17, 15) is 4.79 Å². The second-order valence-electron chi connectivity index (χ2n) is 4.45. The third kappa shape index (κ3) is 5.14. The summed E-state index contributed by atoms with van der Waals surface area (Å²) in [5.41, 5.74) is 0.563. The van der Waals surface area contributed by atoms with Gasteiger partial charge in [0.1, 0.15) is 11.5 Å². The molecule has 0 fully saturated rings. The van der Waals surface area contributed by atoms with E-state index in [-0.39, 0.29) is 11.7 Å². The molecule has 1 aromatic heterocycles. The number of nitrogens with zero attached hydrogens (tertiary/aromatic N) is 2. The molecule has 0 aliphatic heterocycles. The van der Waals surface area contributed by atoms with E-state index in [1.807, 2.05) is 0 Å². The largest absolute Gasteiger partial charge is 0.497 e. The Balaban J connectivity index is 1.91. The molecular weight excluding hydrogens is 348 g/mol. The summed E-state index contributed by atoms with van der Waals surface area (Å²) in [7, 11) is 3.11. The summed E-state index contributed by atoms with van der Waals surface area (Å²) < 4.78 is 11.1. The summed E-state index contributed by atoms with van der Waals surface area (Å²) >= 11 is 2.71. The van der Waals surface area contributed by atoms with E-state index in [1.54, 1.807) is 38.5 Å². The summed E-state index contributed by atoms with van der Waals surface area (Å²) in [5, 5.41) is 14.6. The molecule has 128 valence electrons. The summed E-state index contributed by atoms with van der Waals surface area (Å²) in [6.07, 6.45) is 1.74. The van der Waals surface area contributed by atoms with Crippen LogP contribution >= 0.6 is 23.1 Å². The van der Waals surface area contributed by atoms with E-state index in [0.29, 0.717) is 33.2 Å². The Morgan fingerprint density at radius 2 is 2.21 bits per heavy atom. The molecule has 0 saturated carbocycles. The highest BCUT2D eigenvalue weighted by Gasteiger charge is 2.11. The number of carbonyl (C=O) groups is 1. The number of carbonyl (C=O) groups excluding carboxylic acids is 1. The average molecular weight is 366 g/mol. The van der Waals surface area contributed by atoms with Gasteiger partial charge in [0, 0.05) is 12.6 Å². The lowest BCUT2D eigenvalue weighted by Crippen LogP contribution is -2.14. The van der Waals surface area contributed by atoms with Gasteiger partial charge in [0.05, 0.1) is 25.7 Å². The molecule has 2 aromatic rings. The zero-order valence-corrected chi connectivity index (χ0v) is 15.0. The molecule has 1 aromatic carbocycles. The Hall–Kier alpha value is -2.26. The number of anilines is 2. The fourth-order valence-electron chi connectivity index (χ4n) is 1.72. The van der Waals surface area contributed by atoms with Crippen LogP contribution in [0.4, 0.5) is 10.8 Å². The Kier molecular flexibility index (Phi) is 6.89. The lowest BCUT2D eigenvalue weighted by molar-refractivity contribution is -0.113. The van der Waals surface area contributed by atoms with E-state index >= 15 is 0 Å². The number of hydrogen-bond acceptors (Lipinski definition) is 8. The number of thioether (sulfide) groups is 1. The summed E-state index contributed by atoms with van der Waals surface area (Å²) in [4.78, 5) is 12.1. The van der Waals surface area contributed by atoms with Crippen LogP contribution in [-0.4, -0.2) is 42.6 Å². The minimum atomic E-state index is -0.164. The van der Waals surface area contributed by atoms with E-state index in [1.165, 1.54) is 23.1 Å². The molecule has 1 heterocycles. The Bertz CT molecular complexity index is 706. The third-order valence-electron chi connectivity index (χ3n) is 2.81. The number of methoxy groups -OCH3 is 2. The molecule has 7 nitrogen and oxygen atoms in total. The van der Waals surface area contributed by atoms with Crippen LogP contribution < -0.4 is 20.1 Å². The van der Waals surface area contributed by atoms with Gasteiger partial charge in [-0.2, -0.15) is 0 Å². The van der Waals surface area contributed by atoms with E-state index in [0.717, 1.165) is 0 Å². The zero-order chi connectivity index (χ0) is 17.4. The van der Waals surface area contributed by atoms with Crippen LogP contribution in [0.1, 0.15) is 0 Å². The predicted octanol–water partition coefficient (Wildman–Crippen LogP) is 2.88. The van der Waals surface area contributed by atoms with Crippen LogP contribution in [0.2, 0.25) is 0 Å².